The average Bonchev–Trinajstić information content (AvgIpc) is 2.29. The Hall–Kier alpha value is -0.610. The normalized spacial score (nSPS) is 17.7. The summed E-state index contributed by atoms with van der Waals surface area (Å²) in [4.78, 5) is 11.3. The third kappa shape index (κ3) is 5.47. The Morgan fingerprint density at radius 2 is 2.00 bits per heavy atom. The van der Waals surface area contributed by atoms with Crippen molar-refractivity contribution < 1.29 is 4.79 Å². The van der Waals surface area contributed by atoms with Gasteiger partial charge in [-0.2, -0.15) is 0 Å². The largest absolute Gasteiger partial charge is 0.355 e. The van der Waals surface area contributed by atoms with Gasteiger partial charge in [0.25, 0.3) is 0 Å². The van der Waals surface area contributed by atoms with E-state index in [0.717, 1.165) is 38.6 Å². The van der Waals surface area contributed by atoms with Gasteiger partial charge in [0, 0.05) is 19.0 Å². The predicted octanol–water partition coefficient (Wildman–Crippen LogP) is 0.348. The van der Waals surface area contributed by atoms with Crippen LogP contribution < -0.4 is 16.0 Å². The van der Waals surface area contributed by atoms with Gasteiger partial charge in [-0.1, -0.05) is 13.8 Å². The van der Waals surface area contributed by atoms with Crippen LogP contribution >= 0.6 is 0 Å². The van der Waals surface area contributed by atoms with Gasteiger partial charge < -0.3 is 16.0 Å². The van der Waals surface area contributed by atoms with E-state index in [1.54, 1.807) is 0 Å². The number of hydrogen-bond acceptors (Lipinski definition) is 3. The van der Waals surface area contributed by atoms with E-state index in [4.69, 9.17) is 0 Å². The second-order valence-corrected chi connectivity index (χ2v) is 4.84. The third-order valence-corrected chi connectivity index (χ3v) is 3.02. The molecule has 1 amide bonds. The number of amides is 1. The van der Waals surface area contributed by atoms with Crippen molar-refractivity contribution in [2.75, 3.05) is 32.7 Å². The highest BCUT2D eigenvalue weighted by Crippen LogP contribution is 2.09. The average molecular weight is 227 g/mol. The quantitative estimate of drug-likeness (QED) is 0.574. The monoisotopic (exact) mass is 227 g/mol. The molecule has 0 atom stereocenters. The number of hydrogen-bond donors (Lipinski definition) is 3. The summed E-state index contributed by atoms with van der Waals surface area (Å²) < 4.78 is 0. The van der Waals surface area contributed by atoms with Crippen LogP contribution in [-0.4, -0.2) is 38.6 Å². The van der Waals surface area contributed by atoms with Gasteiger partial charge in [0.05, 0.1) is 0 Å². The molecular formula is C12H25N3O. The minimum Gasteiger partial charge on any atom is -0.355 e. The molecule has 0 radical (unpaired) electrons. The zero-order valence-corrected chi connectivity index (χ0v) is 10.5. The fourth-order valence-corrected chi connectivity index (χ4v) is 1.87. The minimum absolute atomic E-state index is 0.0874. The molecule has 0 aromatic heterocycles. The summed E-state index contributed by atoms with van der Waals surface area (Å²) in [6.07, 6.45) is 2.54. The fraction of sp³-hybridized carbons (Fsp3) is 0.917. The van der Waals surface area contributed by atoms with Gasteiger partial charge >= 0.3 is 0 Å². The number of rotatable bonds is 6. The second-order valence-electron chi connectivity index (χ2n) is 4.84. The van der Waals surface area contributed by atoms with Gasteiger partial charge in [0.1, 0.15) is 0 Å². The van der Waals surface area contributed by atoms with E-state index in [9.17, 15) is 4.79 Å². The van der Waals surface area contributed by atoms with Crippen molar-refractivity contribution >= 4 is 5.91 Å². The molecule has 4 heteroatoms. The first-order chi connectivity index (χ1) is 7.70. The molecule has 94 valence electrons. The highest BCUT2D eigenvalue weighted by molar-refractivity contribution is 5.77. The van der Waals surface area contributed by atoms with E-state index >= 15 is 0 Å². The van der Waals surface area contributed by atoms with Crippen molar-refractivity contribution in [2.24, 2.45) is 11.8 Å². The zero-order chi connectivity index (χ0) is 11.8. The van der Waals surface area contributed by atoms with Crippen molar-refractivity contribution in [3.05, 3.63) is 0 Å². The molecule has 0 aliphatic carbocycles. The maximum atomic E-state index is 11.3. The van der Waals surface area contributed by atoms with Crippen LogP contribution in [0.3, 0.4) is 0 Å². The predicted molar refractivity (Wildman–Crippen MR) is 66.3 cm³/mol. The van der Waals surface area contributed by atoms with Crippen LogP contribution in [0.1, 0.15) is 26.7 Å². The summed E-state index contributed by atoms with van der Waals surface area (Å²) in [7, 11) is 0. The Labute approximate surface area is 98.6 Å². The lowest BCUT2D eigenvalue weighted by atomic mass is 9.98. The molecule has 1 aliphatic heterocycles. The second kappa shape index (κ2) is 7.63. The van der Waals surface area contributed by atoms with Gasteiger partial charge in [-0.15, -0.1) is 0 Å². The van der Waals surface area contributed by atoms with Crippen LogP contribution in [0.2, 0.25) is 0 Å². The Morgan fingerprint density at radius 1 is 1.31 bits per heavy atom. The van der Waals surface area contributed by atoms with E-state index in [2.05, 4.69) is 16.0 Å². The lowest BCUT2D eigenvalue weighted by Gasteiger charge is -2.22. The first-order valence-corrected chi connectivity index (χ1v) is 6.39. The van der Waals surface area contributed by atoms with Crippen LogP contribution in [0, 0.1) is 11.8 Å². The molecule has 1 rings (SSSR count). The highest BCUT2D eigenvalue weighted by atomic mass is 16.1. The van der Waals surface area contributed by atoms with Crippen LogP contribution in [0.15, 0.2) is 0 Å². The van der Waals surface area contributed by atoms with Crippen molar-refractivity contribution in [2.45, 2.75) is 26.7 Å². The smallest absolute Gasteiger partial charge is 0.222 e. The third-order valence-electron chi connectivity index (χ3n) is 3.02. The van der Waals surface area contributed by atoms with Crippen LogP contribution in [-0.2, 0) is 4.79 Å². The molecule has 0 aromatic rings. The van der Waals surface area contributed by atoms with Gasteiger partial charge in [-0.05, 0) is 38.4 Å². The van der Waals surface area contributed by atoms with Crippen molar-refractivity contribution in [3.8, 4) is 0 Å². The fourth-order valence-electron chi connectivity index (χ4n) is 1.87. The van der Waals surface area contributed by atoms with Crippen LogP contribution in [0.25, 0.3) is 0 Å². The molecule has 4 nitrogen and oxygen atoms in total. The Kier molecular flexibility index (Phi) is 6.42. The van der Waals surface area contributed by atoms with E-state index < -0.39 is 0 Å². The van der Waals surface area contributed by atoms with Crippen LogP contribution in [0.5, 0.6) is 0 Å². The topological polar surface area (TPSA) is 53.2 Å². The summed E-state index contributed by atoms with van der Waals surface area (Å²) in [6.45, 7) is 8.83. The molecule has 0 aromatic carbocycles. The Morgan fingerprint density at radius 3 is 2.62 bits per heavy atom. The highest BCUT2D eigenvalue weighted by Gasteiger charge is 2.11. The van der Waals surface area contributed by atoms with E-state index in [1.807, 2.05) is 13.8 Å². The van der Waals surface area contributed by atoms with E-state index in [0.29, 0.717) is 0 Å². The SMILES string of the molecule is CC(C)C(=O)NCCNCC1CCNCC1. The Balaban J connectivity index is 1.93. The van der Waals surface area contributed by atoms with Crippen molar-refractivity contribution in [1.82, 2.24) is 16.0 Å². The van der Waals surface area contributed by atoms with Gasteiger partial charge in [0.15, 0.2) is 0 Å². The van der Waals surface area contributed by atoms with Crippen molar-refractivity contribution in [1.29, 1.82) is 0 Å². The molecule has 0 bridgehead atoms. The molecule has 0 saturated carbocycles. The molecule has 1 fully saturated rings. The van der Waals surface area contributed by atoms with E-state index in [-0.39, 0.29) is 11.8 Å². The number of piperidine rings is 1. The maximum Gasteiger partial charge on any atom is 0.222 e. The van der Waals surface area contributed by atoms with Crippen molar-refractivity contribution in [3.63, 3.8) is 0 Å². The molecule has 1 saturated heterocycles. The molecular weight excluding hydrogens is 202 g/mol. The zero-order valence-electron chi connectivity index (χ0n) is 10.5. The molecule has 16 heavy (non-hydrogen) atoms. The van der Waals surface area contributed by atoms with E-state index in [1.165, 1.54) is 12.8 Å². The minimum atomic E-state index is 0.0874. The number of carbonyl (C=O) groups is 1. The number of nitrogens with one attached hydrogen (secondary N) is 3. The molecule has 0 unspecified atom stereocenters. The standard InChI is InChI=1S/C12H25N3O/c1-10(2)12(16)15-8-7-14-9-11-3-5-13-6-4-11/h10-11,13-14H,3-9H2,1-2H3,(H,15,16). The summed E-state index contributed by atoms with van der Waals surface area (Å²) >= 11 is 0. The number of carbonyl (C=O) groups excluding carboxylic acids is 1. The van der Waals surface area contributed by atoms with Gasteiger partial charge in [0.2, 0.25) is 5.91 Å². The summed E-state index contributed by atoms with van der Waals surface area (Å²) in [5, 5.41) is 9.67. The van der Waals surface area contributed by atoms with Gasteiger partial charge in [-0.3, -0.25) is 4.79 Å². The van der Waals surface area contributed by atoms with Crippen LogP contribution in [0.4, 0.5) is 0 Å². The first kappa shape index (κ1) is 13.5. The summed E-state index contributed by atoms with van der Waals surface area (Å²) in [6, 6.07) is 0. The summed E-state index contributed by atoms with van der Waals surface area (Å²) in [5.74, 6) is 1.04. The molecule has 1 aliphatic rings. The lowest BCUT2D eigenvalue weighted by Crippen LogP contribution is -2.38. The summed E-state index contributed by atoms with van der Waals surface area (Å²) in [5.41, 5.74) is 0. The first-order valence-electron chi connectivity index (χ1n) is 6.39. The molecule has 3 N–H and O–H groups in total. The maximum absolute atomic E-state index is 11.3. The van der Waals surface area contributed by atoms with Gasteiger partial charge in [-0.25, -0.2) is 0 Å². The lowest BCUT2D eigenvalue weighted by molar-refractivity contribution is -0.123. The Bertz CT molecular complexity index is 200. The molecule has 0 spiro atoms. The molecule has 1 heterocycles.